The second kappa shape index (κ2) is 4.24. The maximum Gasteiger partial charge on any atom is -0.00324 e. The summed E-state index contributed by atoms with van der Waals surface area (Å²) in [5, 5.41) is 10.7. The minimum Gasteiger partial charge on any atom is -0.0616 e. The third-order valence-electron chi connectivity index (χ3n) is 5.39. The molecule has 0 spiro atoms. The SMILES string of the molecule is C1=Cc2c3ccc4c5ccccc5ccc4c3cc3cccc1c23. The lowest BCUT2D eigenvalue weighted by molar-refractivity contribution is 1.76. The molecule has 110 valence electrons. The predicted molar refractivity (Wildman–Crippen MR) is 105 cm³/mol. The summed E-state index contributed by atoms with van der Waals surface area (Å²) in [6, 6.07) is 26.7. The summed E-state index contributed by atoms with van der Waals surface area (Å²) < 4.78 is 0. The van der Waals surface area contributed by atoms with Gasteiger partial charge in [0.2, 0.25) is 0 Å². The molecule has 1 aliphatic carbocycles. The van der Waals surface area contributed by atoms with Crippen LogP contribution in [0, 0.1) is 0 Å². The van der Waals surface area contributed by atoms with Crippen LogP contribution in [0.5, 0.6) is 0 Å². The fraction of sp³-hybridized carbons (Fsp3) is 0. The highest BCUT2D eigenvalue weighted by Crippen LogP contribution is 2.40. The van der Waals surface area contributed by atoms with Crippen LogP contribution in [0.1, 0.15) is 11.1 Å². The second-order valence-electron chi connectivity index (χ2n) is 6.61. The van der Waals surface area contributed by atoms with Crippen LogP contribution in [0.15, 0.2) is 72.8 Å². The van der Waals surface area contributed by atoms with Gasteiger partial charge in [-0.2, -0.15) is 0 Å². The van der Waals surface area contributed by atoms with Gasteiger partial charge in [0.25, 0.3) is 0 Å². The Morgan fingerprint density at radius 2 is 1.25 bits per heavy atom. The summed E-state index contributed by atoms with van der Waals surface area (Å²) in [6.07, 6.45) is 4.51. The fourth-order valence-electron chi connectivity index (χ4n) is 4.30. The van der Waals surface area contributed by atoms with Gasteiger partial charge < -0.3 is 0 Å². The minimum atomic E-state index is 1.30. The van der Waals surface area contributed by atoms with Crippen molar-refractivity contribution < 1.29 is 0 Å². The van der Waals surface area contributed by atoms with Crippen LogP contribution in [-0.4, -0.2) is 0 Å². The quantitative estimate of drug-likeness (QED) is 0.214. The van der Waals surface area contributed by atoms with Crippen LogP contribution >= 0.6 is 0 Å². The van der Waals surface area contributed by atoms with E-state index in [0.717, 1.165) is 0 Å². The zero-order valence-electron chi connectivity index (χ0n) is 13.1. The van der Waals surface area contributed by atoms with Crippen molar-refractivity contribution in [2.75, 3.05) is 0 Å². The van der Waals surface area contributed by atoms with E-state index in [2.05, 4.69) is 84.9 Å². The van der Waals surface area contributed by atoms with Gasteiger partial charge in [-0.05, 0) is 60.3 Å². The first-order valence-electron chi connectivity index (χ1n) is 8.38. The Labute approximate surface area is 139 Å². The van der Waals surface area contributed by atoms with Crippen molar-refractivity contribution in [2.45, 2.75) is 0 Å². The largest absolute Gasteiger partial charge is 0.0616 e. The zero-order valence-corrected chi connectivity index (χ0v) is 13.1. The van der Waals surface area contributed by atoms with Crippen LogP contribution < -0.4 is 0 Å². The average Bonchev–Trinajstić information content (AvgIpc) is 3.07. The third kappa shape index (κ3) is 1.43. The molecule has 0 saturated carbocycles. The molecule has 0 aromatic heterocycles. The number of hydrogen-bond acceptors (Lipinski definition) is 0. The monoisotopic (exact) mass is 302 g/mol. The van der Waals surface area contributed by atoms with E-state index >= 15 is 0 Å². The first-order valence-corrected chi connectivity index (χ1v) is 8.38. The molecule has 0 N–H and O–H groups in total. The maximum atomic E-state index is 2.36. The Balaban J connectivity index is 1.90. The molecule has 5 aromatic carbocycles. The molecule has 0 aliphatic heterocycles. The van der Waals surface area contributed by atoms with Crippen molar-refractivity contribution in [1.29, 1.82) is 0 Å². The molecule has 6 rings (SSSR count). The normalized spacial score (nSPS) is 12.8. The standard InChI is InChI=1S/C24H14/c1-2-7-18-15(4-1)8-10-20-19(18)12-13-21-22-11-9-16-5-3-6-17(24(16)22)14-23(20)21/h1-14H. The molecule has 0 bridgehead atoms. The molecule has 0 atom stereocenters. The maximum absolute atomic E-state index is 2.36. The smallest absolute Gasteiger partial charge is 0.00324 e. The van der Waals surface area contributed by atoms with E-state index in [1.807, 2.05) is 0 Å². The number of fused-ring (bicyclic) bond motifs is 6. The van der Waals surface area contributed by atoms with Gasteiger partial charge in [-0.15, -0.1) is 0 Å². The predicted octanol–water partition coefficient (Wildman–Crippen LogP) is 6.78. The van der Waals surface area contributed by atoms with E-state index in [1.54, 1.807) is 0 Å². The summed E-state index contributed by atoms with van der Waals surface area (Å²) in [6.45, 7) is 0. The first-order chi connectivity index (χ1) is 11.9. The third-order valence-corrected chi connectivity index (χ3v) is 5.39. The van der Waals surface area contributed by atoms with Gasteiger partial charge in [-0.25, -0.2) is 0 Å². The minimum absolute atomic E-state index is 1.30. The van der Waals surface area contributed by atoms with E-state index in [0.29, 0.717) is 0 Å². The van der Waals surface area contributed by atoms with Gasteiger partial charge in [0.05, 0.1) is 0 Å². The van der Waals surface area contributed by atoms with Gasteiger partial charge in [-0.1, -0.05) is 78.9 Å². The Hall–Kier alpha value is -3.12. The van der Waals surface area contributed by atoms with Crippen molar-refractivity contribution in [2.24, 2.45) is 0 Å². The van der Waals surface area contributed by atoms with Gasteiger partial charge in [0.1, 0.15) is 0 Å². The molecule has 0 saturated heterocycles. The molecule has 0 nitrogen and oxygen atoms in total. The molecule has 0 fully saturated rings. The highest BCUT2D eigenvalue weighted by Gasteiger charge is 2.14. The molecular formula is C24H14. The van der Waals surface area contributed by atoms with E-state index in [1.165, 1.54) is 54.2 Å². The summed E-state index contributed by atoms with van der Waals surface area (Å²) in [5.41, 5.74) is 2.70. The Kier molecular flexibility index (Phi) is 2.18. The molecule has 5 aromatic rings. The summed E-state index contributed by atoms with van der Waals surface area (Å²) >= 11 is 0. The lowest BCUT2D eigenvalue weighted by Crippen LogP contribution is -1.85. The van der Waals surface area contributed by atoms with E-state index in [9.17, 15) is 0 Å². The van der Waals surface area contributed by atoms with E-state index in [-0.39, 0.29) is 0 Å². The van der Waals surface area contributed by atoms with Crippen LogP contribution in [0.3, 0.4) is 0 Å². The second-order valence-corrected chi connectivity index (χ2v) is 6.61. The highest BCUT2D eigenvalue weighted by molar-refractivity contribution is 6.23. The van der Waals surface area contributed by atoms with Gasteiger partial charge in [0, 0.05) is 0 Å². The van der Waals surface area contributed by atoms with Gasteiger partial charge >= 0.3 is 0 Å². The van der Waals surface area contributed by atoms with Crippen LogP contribution in [0.4, 0.5) is 0 Å². The highest BCUT2D eigenvalue weighted by atomic mass is 14.2. The number of benzene rings is 5. The lowest BCUT2D eigenvalue weighted by Gasteiger charge is -2.11. The van der Waals surface area contributed by atoms with Crippen molar-refractivity contribution >= 4 is 55.2 Å². The van der Waals surface area contributed by atoms with Crippen molar-refractivity contribution in [3.05, 3.63) is 83.9 Å². The molecule has 1 aliphatic rings. The summed E-state index contributed by atoms with van der Waals surface area (Å²) in [7, 11) is 0. The van der Waals surface area contributed by atoms with Crippen molar-refractivity contribution in [1.82, 2.24) is 0 Å². The first kappa shape index (κ1) is 12.3. The molecule has 0 heterocycles. The molecule has 0 amide bonds. The van der Waals surface area contributed by atoms with Gasteiger partial charge in [-0.3, -0.25) is 0 Å². The lowest BCUT2D eigenvalue weighted by atomic mass is 9.92. The van der Waals surface area contributed by atoms with E-state index < -0.39 is 0 Å². The van der Waals surface area contributed by atoms with Gasteiger partial charge in [0.15, 0.2) is 0 Å². The summed E-state index contributed by atoms with van der Waals surface area (Å²) in [4.78, 5) is 0. The molecular weight excluding hydrogens is 288 g/mol. The van der Waals surface area contributed by atoms with Crippen LogP contribution in [0.2, 0.25) is 0 Å². The summed E-state index contributed by atoms with van der Waals surface area (Å²) in [5.74, 6) is 0. The van der Waals surface area contributed by atoms with Crippen LogP contribution in [-0.2, 0) is 0 Å². The topological polar surface area (TPSA) is 0 Å². The molecule has 0 unspecified atom stereocenters. The van der Waals surface area contributed by atoms with Crippen molar-refractivity contribution in [3.8, 4) is 0 Å². The average molecular weight is 302 g/mol. The Morgan fingerprint density at radius 3 is 2.25 bits per heavy atom. The molecule has 24 heavy (non-hydrogen) atoms. The van der Waals surface area contributed by atoms with Crippen molar-refractivity contribution in [3.63, 3.8) is 0 Å². The van der Waals surface area contributed by atoms with E-state index in [4.69, 9.17) is 0 Å². The Bertz CT molecular complexity index is 1340. The molecule has 0 heteroatoms. The Morgan fingerprint density at radius 1 is 0.458 bits per heavy atom. The fourth-order valence-corrected chi connectivity index (χ4v) is 4.30. The molecule has 0 radical (unpaired) electrons. The van der Waals surface area contributed by atoms with Crippen LogP contribution in [0.25, 0.3) is 55.2 Å². The number of hydrogen-bond donors (Lipinski definition) is 0. The number of rotatable bonds is 0. The zero-order chi connectivity index (χ0) is 15.7.